The Kier molecular flexibility index (Phi) is 2.27. The fourth-order valence-electron chi connectivity index (χ4n) is 3.01. The zero-order valence-corrected chi connectivity index (χ0v) is 11.8. The molecule has 3 aromatic carbocycles. The van der Waals surface area contributed by atoms with E-state index < -0.39 is 0 Å². The Morgan fingerprint density at radius 2 is 1.41 bits per heavy atom. The zero-order valence-electron chi connectivity index (χ0n) is 11.8. The third-order valence-electron chi connectivity index (χ3n) is 4.11. The van der Waals surface area contributed by atoms with Crippen LogP contribution < -0.4 is 14.8 Å². The lowest BCUT2D eigenvalue weighted by Crippen LogP contribution is -2.07. The summed E-state index contributed by atoms with van der Waals surface area (Å²) in [5.74, 6) is 3.53. The van der Waals surface area contributed by atoms with Crippen LogP contribution in [0.1, 0.15) is 11.1 Å². The lowest BCUT2D eigenvalue weighted by molar-refractivity contribution is 0.451. The molecule has 2 aliphatic heterocycles. The van der Waals surface area contributed by atoms with Crippen molar-refractivity contribution in [3.8, 4) is 23.0 Å². The number of fused-ring (bicyclic) bond motifs is 4. The van der Waals surface area contributed by atoms with E-state index in [2.05, 4.69) is 17.4 Å². The topological polar surface area (TPSA) is 30.5 Å². The van der Waals surface area contributed by atoms with Gasteiger partial charge >= 0.3 is 0 Å². The third kappa shape index (κ3) is 1.69. The Bertz CT molecular complexity index is 758. The van der Waals surface area contributed by atoms with Gasteiger partial charge in [-0.2, -0.15) is 0 Å². The first-order valence-electron chi connectivity index (χ1n) is 7.33. The lowest BCUT2D eigenvalue weighted by Gasteiger charge is -2.26. The van der Waals surface area contributed by atoms with Crippen molar-refractivity contribution in [2.45, 2.75) is 6.42 Å². The minimum atomic E-state index is 0.848. The lowest BCUT2D eigenvalue weighted by atomic mass is 9.99. The van der Waals surface area contributed by atoms with Crippen LogP contribution in [-0.4, -0.2) is 0 Å². The molecule has 5 rings (SSSR count). The van der Waals surface area contributed by atoms with Gasteiger partial charge in [0.05, 0.1) is 11.4 Å². The molecule has 0 atom stereocenters. The number of rotatable bonds is 0. The summed E-state index contributed by atoms with van der Waals surface area (Å²) in [6.07, 6.45) is 0.865. The van der Waals surface area contributed by atoms with Crippen LogP contribution in [0.5, 0.6) is 23.0 Å². The van der Waals surface area contributed by atoms with Crippen molar-refractivity contribution in [3.05, 3.63) is 71.8 Å². The fourth-order valence-corrected chi connectivity index (χ4v) is 3.01. The van der Waals surface area contributed by atoms with E-state index in [0.717, 1.165) is 46.4 Å². The van der Waals surface area contributed by atoms with E-state index in [1.54, 1.807) is 0 Å². The number of para-hydroxylation sites is 3. The molecule has 0 fully saturated rings. The van der Waals surface area contributed by atoms with Crippen molar-refractivity contribution >= 4 is 11.4 Å². The Hall–Kier alpha value is -2.94. The Labute approximate surface area is 128 Å². The molecule has 0 radical (unpaired) electrons. The average molecular weight is 287 g/mol. The summed E-state index contributed by atoms with van der Waals surface area (Å²) in [6.45, 7) is 0. The highest BCUT2D eigenvalue weighted by molar-refractivity contribution is 5.77. The van der Waals surface area contributed by atoms with Gasteiger partial charge in [-0.05, 0) is 29.8 Å². The quantitative estimate of drug-likeness (QED) is 0.423. The predicted octanol–water partition coefficient (Wildman–Crippen LogP) is 5.23. The zero-order chi connectivity index (χ0) is 14.5. The highest BCUT2D eigenvalue weighted by Gasteiger charge is 2.23. The maximum absolute atomic E-state index is 6.04. The van der Waals surface area contributed by atoms with E-state index in [9.17, 15) is 0 Å². The first kappa shape index (κ1) is 11.7. The van der Waals surface area contributed by atoms with Gasteiger partial charge in [0.1, 0.15) is 11.5 Å². The van der Waals surface area contributed by atoms with Crippen LogP contribution in [0.3, 0.4) is 0 Å². The van der Waals surface area contributed by atoms with Crippen molar-refractivity contribution in [1.29, 1.82) is 0 Å². The molecule has 106 valence electrons. The second-order valence-corrected chi connectivity index (χ2v) is 5.57. The number of hydrogen-bond acceptors (Lipinski definition) is 3. The van der Waals surface area contributed by atoms with E-state index in [1.165, 1.54) is 5.56 Å². The standard InChI is InChI=1S/C19H13NO2/c1-3-7-16-12(5-1)9-13-10-19-15(11-18(13)21-16)20-14-6-2-4-8-17(14)22-19/h1-8,10-11,20H,9H2. The first-order chi connectivity index (χ1) is 10.9. The minimum absolute atomic E-state index is 0.848. The number of anilines is 2. The molecule has 0 spiro atoms. The van der Waals surface area contributed by atoms with Gasteiger partial charge in [-0.25, -0.2) is 0 Å². The molecule has 3 aromatic rings. The van der Waals surface area contributed by atoms with Gasteiger partial charge in [-0.3, -0.25) is 0 Å². The molecule has 0 saturated heterocycles. The molecule has 0 aromatic heterocycles. The summed E-state index contributed by atoms with van der Waals surface area (Å²) < 4.78 is 12.0. The molecule has 2 aliphatic rings. The second kappa shape index (κ2) is 4.28. The third-order valence-corrected chi connectivity index (χ3v) is 4.11. The number of ether oxygens (including phenoxy) is 2. The van der Waals surface area contributed by atoms with Crippen molar-refractivity contribution in [2.24, 2.45) is 0 Å². The average Bonchev–Trinajstić information content (AvgIpc) is 2.56. The van der Waals surface area contributed by atoms with E-state index >= 15 is 0 Å². The Balaban J connectivity index is 1.60. The van der Waals surface area contributed by atoms with Gasteiger partial charge in [-0.1, -0.05) is 30.3 Å². The maximum Gasteiger partial charge on any atom is 0.151 e. The van der Waals surface area contributed by atoms with E-state index in [0.29, 0.717) is 0 Å². The van der Waals surface area contributed by atoms with Crippen LogP contribution >= 0.6 is 0 Å². The number of nitrogens with one attached hydrogen (secondary N) is 1. The molecule has 22 heavy (non-hydrogen) atoms. The largest absolute Gasteiger partial charge is 0.457 e. The molecule has 2 heterocycles. The SMILES string of the molecule is c1ccc2c(c1)Cc1cc3c(cc1O2)Nc1ccccc1O3. The van der Waals surface area contributed by atoms with Crippen LogP contribution in [0.2, 0.25) is 0 Å². The van der Waals surface area contributed by atoms with Crippen LogP contribution in [0.4, 0.5) is 11.4 Å². The molecule has 0 amide bonds. The summed E-state index contributed by atoms with van der Waals surface area (Å²) in [7, 11) is 0. The molecular weight excluding hydrogens is 274 g/mol. The van der Waals surface area contributed by atoms with Gasteiger partial charge in [-0.15, -0.1) is 0 Å². The fraction of sp³-hybridized carbons (Fsp3) is 0.0526. The molecule has 0 unspecified atom stereocenters. The van der Waals surface area contributed by atoms with E-state index in [1.807, 2.05) is 48.5 Å². The van der Waals surface area contributed by atoms with Gasteiger partial charge in [0, 0.05) is 18.1 Å². The molecular formula is C19H13NO2. The second-order valence-electron chi connectivity index (χ2n) is 5.57. The Morgan fingerprint density at radius 1 is 0.636 bits per heavy atom. The predicted molar refractivity (Wildman–Crippen MR) is 85.6 cm³/mol. The summed E-state index contributed by atoms with van der Waals surface area (Å²) in [6, 6.07) is 20.2. The normalized spacial score (nSPS) is 13.5. The van der Waals surface area contributed by atoms with Gasteiger partial charge in [0.15, 0.2) is 11.5 Å². The van der Waals surface area contributed by atoms with Crippen LogP contribution in [-0.2, 0) is 6.42 Å². The summed E-state index contributed by atoms with van der Waals surface area (Å²) in [5.41, 5.74) is 4.28. The van der Waals surface area contributed by atoms with Gasteiger partial charge < -0.3 is 14.8 Å². The summed E-state index contributed by atoms with van der Waals surface area (Å²) in [4.78, 5) is 0. The molecule has 0 aliphatic carbocycles. The van der Waals surface area contributed by atoms with Gasteiger partial charge in [0.2, 0.25) is 0 Å². The van der Waals surface area contributed by atoms with Crippen LogP contribution in [0.15, 0.2) is 60.7 Å². The Morgan fingerprint density at radius 3 is 2.36 bits per heavy atom. The molecule has 3 nitrogen and oxygen atoms in total. The van der Waals surface area contributed by atoms with E-state index in [4.69, 9.17) is 9.47 Å². The van der Waals surface area contributed by atoms with Crippen LogP contribution in [0, 0.1) is 0 Å². The van der Waals surface area contributed by atoms with Crippen molar-refractivity contribution in [1.82, 2.24) is 0 Å². The van der Waals surface area contributed by atoms with Gasteiger partial charge in [0.25, 0.3) is 0 Å². The van der Waals surface area contributed by atoms with E-state index in [-0.39, 0.29) is 0 Å². The summed E-state index contributed by atoms with van der Waals surface area (Å²) in [5, 5.41) is 3.41. The molecule has 0 bridgehead atoms. The van der Waals surface area contributed by atoms with Crippen molar-refractivity contribution < 1.29 is 9.47 Å². The highest BCUT2D eigenvalue weighted by atomic mass is 16.5. The van der Waals surface area contributed by atoms with Crippen molar-refractivity contribution in [3.63, 3.8) is 0 Å². The molecule has 3 heteroatoms. The maximum atomic E-state index is 6.04. The van der Waals surface area contributed by atoms with Crippen LogP contribution in [0.25, 0.3) is 0 Å². The smallest absolute Gasteiger partial charge is 0.151 e. The van der Waals surface area contributed by atoms with Crippen molar-refractivity contribution in [2.75, 3.05) is 5.32 Å². The highest BCUT2D eigenvalue weighted by Crippen LogP contribution is 2.47. The number of hydrogen-bond donors (Lipinski definition) is 1. The minimum Gasteiger partial charge on any atom is -0.457 e. The summed E-state index contributed by atoms with van der Waals surface area (Å²) >= 11 is 0. The molecule has 1 N–H and O–H groups in total. The molecule has 0 saturated carbocycles. The number of benzene rings is 3. The first-order valence-corrected chi connectivity index (χ1v) is 7.33. The monoisotopic (exact) mass is 287 g/mol.